The number of thioether (sulfide) groups is 1. The molecule has 7 nitrogen and oxygen atoms in total. The Labute approximate surface area is 96.9 Å². The Morgan fingerprint density at radius 3 is 2.75 bits per heavy atom. The van der Waals surface area contributed by atoms with Crippen molar-refractivity contribution >= 4 is 33.3 Å². The third-order valence-electron chi connectivity index (χ3n) is 2.14. The molecule has 0 aliphatic carbocycles. The lowest BCUT2D eigenvalue weighted by Crippen LogP contribution is -2.25. The third-order valence-corrected chi connectivity index (χ3v) is 4.37. The van der Waals surface area contributed by atoms with Crippen LogP contribution in [-0.4, -0.2) is 29.2 Å². The summed E-state index contributed by atoms with van der Waals surface area (Å²) in [5.41, 5.74) is 12.0. The zero-order chi connectivity index (χ0) is 11.9. The second kappa shape index (κ2) is 3.59. The van der Waals surface area contributed by atoms with E-state index in [-0.39, 0.29) is 11.5 Å². The molecule has 9 heteroatoms. The van der Waals surface area contributed by atoms with E-state index in [2.05, 4.69) is 10.2 Å². The molecule has 1 aliphatic heterocycles. The minimum atomic E-state index is -3.33. The zero-order valence-electron chi connectivity index (χ0n) is 8.41. The van der Waals surface area contributed by atoms with E-state index in [1.807, 2.05) is 0 Å². The van der Waals surface area contributed by atoms with Crippen molar-refractivity contribution in [1.82, 2.24) is 14.5 Å². The van der Waals surface area contributed by atoms with Crippen LogP contribution in [0.25, 0.3) is 0 Å². The van der Waals surface area contributed by atoms with E-state index in [0.717, 1.165) is 6.26 Å². The van der Waals surface area contributed by atoms with Crippen LogP contribution >= 0.6 is 11.8 Å². The monoisotopic (exact) mass is 261 g/mol. The predicted octanol–water partition coefficient (Wildman–Crippen LogP) is 0.0523. The van der Waals surface area contributed by atoms with Gasteiger partial charge < -0.3 is 11.5 Å². The minimum absolute atomic E-state index is 0.177. The molecule has 0 saturated heterocycles. The number of hydrogen-bond acceptors (Lipinski definition) is 6. The summed E-state index contributed by atoms with van der Waals surface area (Å²) in [6.07, 6.45) is 2.62. The normalized spacial score (nSPS) is 20.6. The van der Waals surface area contributed by atoms with Gasteiger partial charge in [0.1, 0.15) is 11.1 Å². The largest absolute Gasteiger partial charge is 0.394 e. The van der Waals surface area contributed by atoms with Crippen LogP contribution in [0.1, 0.15) is 11.1 Å². The summed E-state index contributed by atoms with van der Waals surface area (Å²) in [7, 11) is -3.33. The highest BCUT2D eigenvalue weighted by atomic mass is 32.2. The van der Waals surface area contributed by atoms with E-state index in [4.69, 9.17) is 11.5 Å². The van der Waals surface area contributed by atoms with Crippen LogP contribution in [0.3, 0.4) is 0 Å². The lowest BCUT2D eigenvalue weighted by Gasteiger charge is -2.21. The van der Waals surface area contributed by atoms with Gasteiger partial charge in [-0.2, -0.15) is 5.10 Å². The average molecular weight is 261 g/mol. The Hall–Kier alpha value is -1.35. The molecular weight excluding hydrogens is 250 g/mol. The summed E-state index contributed by atoms with van der Waals surface area (Å²) in [5.74, 6) is 0.177. The molecule has 2 heterocycles. The lowest BCUT2D eigenvalue weighted by atomic mass is 10.3. The van der Waals surface area contributed by atoms with Gasteiger partial charge in [0.15, 0.2) is 5.82 Å². The number of aromatic amines is 1. The SMILES string of the molecule is CS(=O)(=O)N1C=CSC1c1[nH]nc(N)c1N. The number of nitrogens with zero attached hydrogens (tertiary/aromatic N) is 2. The van der Waals surface area contributed by atoms with E-state index in [1.54, 1.807) is 5.41 Å². The number of nitrogens with two attached hydrogens (primary N) is 2. The standard InChI is InChI=1S/C7H11N5O2S2/c1-16(13,14)12-2-3-15-7(12)5-4(8)6(9)11-10-5/h2-3,7H,8H2,1H3,(H3,9,10,11). The van der Waals surface area contributed by atoms with Crippen molar-refractivity contribution in [2.45, 2.75) is 5.37 Å². The van der Waals surface area contributed by atoms with Crippen molar-refractivity contribution in [1.29, 1.82) is 0 Å². The summed E-state index contributed by atoms with van der Waals surface area (Å²) >= 11 is 1.32. The molecule has 0 spiro atoms. The molecule has 0 aromatic carbocycles. The van der Waals surface area contributed by atoms with Gasteiger partial charge in [-0.1, -0.05) is 11.8 Å². The Kier molecular flexibility index (Phi) is 2.50. The maximum absolute atomic E-state index is 11.5. The van der Waals surface area contributed by atoms with Crippen LogP contribution in [0.15, 0.2) is 11.6 Å². The molecule has 0 bridgehead atoms. The van der Waals surface area contributed by atoms with Gasteiger partial charge in [0.25, 0.3) is 0 Å². The highest BCUT2D eigenvalue weighted by Gasteiger charge is 2.32. The van der Waals surface area contributed by atoms with Gasteiger partial charge in [-0.05, 0) is 5.41 Å². The lowest BCUT2D eigenvalue weighted by molar-refractivity contribution is 0.495. The second-order valence-corrected chi connectivity index (χ2v) is 6.18. The maximum Gasteiger partial charge on any atom is 0.233 e. The van der Waals surface area contributed by atoms with E-state index in [1.165, 1.54) is 22.3 Å². The molecule has 1 unspecified atom stereocenters. The molecular formula is C7H11N5O2S2. The summed E-state index contributed by atoms with van der Waals surface area (Å²) < 4.78 is 24.2. The van der Waals surface area contributed by atoms with Crippen molar-refractivity contribution in [3.63, 3.8) is 0 Å². The number of hydrogen-bond donors (Lipinski definition) is 3. The van der Waals surface area contributed by atoms with Crippen LogP contribution in [0, 0.1) is 0 Å². The van der Waals surface area contributed by atoms with Crippen LogP contribution in [0.2, 0.25) is 0 Å². The Bertz CT molecular complexity index is 535. The smallest absolute Gasteiger partial charge is 0.233 e. The number of anilines is 2. The van der Waals surface area contributed by atoms with Gasteiger partial charge in [0.2, 0.25) is 10.0 Å². The van der Waals surface area contributed by atoms with E-state index < -0.39 is 15.4 Å². The van der Waals surface area contributed by atoms with E-state index in [0.29, 0.717) is 5.69 Å². The summed E-state index contributed by atoms with van der Waals surface area (Å²) in [6, 6.07) is 0. The molecule has 1 atom stereocenters. The van der Waals surface area contributed by atoms with Crippen molar-refractivity contribution in [2.75, 3.05) is 17.7 Å². The first kappa shape index (κ1) is 11.1. The predicted molar refractivity (Wildman–Crippen MR) is 63.6 cm³/mol. The molecule has 1 aromatic heterocycles. The first-order chi connectivity index (χ1) is 7.41. The molecule has 1 aliphatic rings. The van der Waals surface area contributed by atoms with Gasteiger partial charge in [-0.15, -0.1) is 0 Å². The second-order valence-electron chi connectivity index (χ2n) is 3.30. The van der Waals surface area contributed by atoms with E-state index in [9.17, 15) is 8.42 Å². The van der Waals surface area contributed by atoms with Gasteiger partial charge in [-0.25, -0.2) is 8.42 Å². The Balaban J connectivity index is 2.40. The van der Waals surface area contributed by atoms with Gasteiger partial charge in [0, 0.05) is 6.20 Å². The third kappa shape index (κ3) is 1.71. The van der Waals surface area contributed by atoms with Crippen LogP contribution < -0.4 is 11.5 Å². The first-order valence-corrected chi connectivity index (χ1v) is 7.10. The molecule has 2 rings (SSSR count). The molecule has 0 amide bonds. The highest BCUT2D eigenvalue weighted by Crippen LogP contribution is 2.42. The Morgan fingerprint density at radius 1 is 1.56 bits per heavy atom. The van der Waals surface area contributed by atoms with E-state index >= 15 is 0 Å². The Morgan fingerprint density at radius 2 is 2.25 bits per heavy atom. The number of H-pyrrole nitrogens is 1. The summed E-state index contributed by atoms with van der Waals surface area (Å²) in [4.78, 5) is 0. The topological polar surface area (TPSA) is 118 Å². The first-order valence-electron chi connectivity index (χ1n) is 4.31. The summed E-state index contributed by atoms with van der Waals surface area (Å²) in [6.45, 7) is 0. The number of sulfonamides is 1. The van der Waals surface area contributed by atoms with Crippen LogP contribution in [0.5, 0.6) is 0 Å². The molecule has 0 saturated carbocycles. The molecule has 0 fully saturated rings. The maximum atomic E-state index is 11.5. The highest BCUT2D eigenvalue weighted by molar-refractivity contribution is 8.03. The number of nitrogens with one attached hydrogen (secondary N) is 1. The molecule has 1 aromatic rings. The summed E-state index contributed by atoms with van der Waals surface area (Å²) in [5, 5.41) is 7.62. The fraction of sp³-hybridized carbons (Fsp3) is 0.286. The van der Waals surface area contributed by atoms with Gasteiger partial charge >= 0.3 is 0 Å². The fourth-order valence-electron chi connectivity index (χ4n) is 1.35. The molecule has 0 radical (unpaired) electrons. The fourth-order valence-corrected chi connectivity index (χ4v) is 3.64. The average Bonchev–Trinajstić information content (AvgIpc) is 2.74. The molecule has 88 valence electrons. The van der Waals surface area contributed by atoms with Crippen molar-refractivity contribution in [3.05, 3.63) is 17.3 Å². The minimum Gasteiger partial charge on any atom is -0.394 e. The van der Waals surface area contributed by atoms with Crippen molar-refractivity contribution in [2.24, 2.45) is 0 Å². The number of nitrogen functional groups attached to an aromatic ring is 2. The molecule has 5 N–H and O–H groups in total. The van der Waals surface area contributed by atoms with Crippen LogP contribution in [0.4, 0.5) is 11.5 Å². The van der Waals surface area contributed by atoms with Crippen molar-refractivity contribution < 1.29 is 8.42 Å². The quantitative estimate of drug-likeness (QED) is 0.692. The van der Waals surface area contributed by atoms with Crippen LogP contribution in [-0.2, 0) is 10.0 Å². The zero-order valence-corrected chi connectivity index (χ0v) is 10.0. The molecule has 16 heavy (non-hydrogen) atoms. The van der Waals surface area contributed by atoms with Gasteiger partial charge in [0.05, 0.1) is 11.9 Å². The van der Waals surface area contributed by atoms with Gasteiger partial charge in [-0.3, -0.25) is 9.40 Å². The van der Waals surface area contributed by atoms with Crippen molar-refractivity contribution in [3.8, 4) is 0 Å². The number of rotatable bonds is 2. The number of aromatic nitrogens is 2.